The molecule has 0 saturated carbocycles. The molecule has 2 heterocycles. The van der Waals surface area contributed by atoms with Gasteiger partial charge in [-0.05, 0) is 35.9 Å². The quantitative estimate of drug-likeness (QED) is 0.687. The van der Waals surface area contributed by atoms with Crippen LogP contribution in [-0.2, 0) is 22.3 Å². The van der Waals surface area contributed by atoms with Crippen LogP contribution in [-0.4, -0.2) is 29.7 Å². The van der Waals surface area contributed by atoms with Gasteiger partial charge in [-0.15, -0.1) is 0 Å². The first-order chi connectivity index (χ1) is 12.0. The summed E-state index contributed by atoms with van der Waals surface area (Å²) in [4.78, 5) is 3.97. The van der Waals surface area contributed by atoms with Crippen LogP contribution in [0.1, 0.15) is 5.56 Å². The van der Waals surface area contributed by atoms with Crippen molar-refractivity contribution in [3.8, 4) is 11.3 Å². The van der Waals surface area contributed by atoms with Crippen LogP contribution >= 0.6 is 11.6 Å². The molecule has 2 aromatic heterocycles. The lowest BCUT2D eigenvalue weighted by Crippen LogP contribution is -2.28. The third-order valence-electron chi connectivity index (χ3n) is 3.53. The summed E-state index contributed by atoms with van der Waals surface area (Å²) in [5.74, 6) is -0.102. The zero-order chi connectivity index (χ0) is 17.7. The number of nitrogens with one attached hydrogen (secondary N) is 1. The molecule has 8 heteroatoms. The first-order valence-corrected chi connectivity index (χ1v) is 9.70. The van der Waals surface area contributed by atoms with E-state index < -0.39 is 10.0 Å². The maximum atomic E-state index is 12.1. The van der Waals surface area contributed by atoms with Crippen molar-refractivity contribution in [3.05, 3.63) is 71.6 Å². The second-order valence-corrected chi connectivity index (χ2v) is 7.73. The Kier molecular flexibility index (Phi) is 5.47. The number of halogens is 1. The number of pyridine rings is 1. The molecule has 130 valence electrons. The van der Waals surface area contributed by atoms with Gasteiger partial charge in [0.25, 0.3) is 0 Å². The van der Waals surface area contributed by atoms with E-state index in [0.717, 1.165) is 11.3 Å². The van der Waals surface area contributed by atoms with Crippen molar-refractivity contribution < 1.29 is 8.42 Å². The number of hydrogen-bond donors (Lipinski definition) is 1. The van der Waals surface area contributed by atoms with Crippen molar-refractivity contribution in [2.75, 3.05) is 6.54 Å². The minimum absolute atomic E-state index is 0.102. The minimum atomic E-state index is -3.42. The van der Waals surface area contributed by atoms with Gasteiger partial charge in [-0.2, -0.15) is 5.10 Å². The van der Waals surface area contributed by atoms with Crippen LogP contribution in [0.3, 0.4) is 0 Å². The third kappa shape index (κ3) is 5.12. The monoisotopic (exact) mass is 376 g/mol. The van der Waals surface area contributed by atoms with Gasteiger partial charge in [0.1, 0.15) is 0 Å². The largest absolute Gasteiger partial charge is 0.271 e. The van der Waals surface area contributed by atoms with Crippen molar-refractivity contribution in [1.29, 1.82) is 0 Å². The van der Waals surface area contributed by atoms with Crippen LogP contribution in [0.4, 0.5) is 0 Å². The van der Waals surface area contributed by atoms with E-state index in [0.29, 0.717) is 17.1 Å². The molecule has 1 N–H and O–H groups in total. The fraction of sp³-hybridized carbons (Fsp3) is 0.176. The van der Waals surface area contributed by atoms with Crippen LogP contribution in [0.15, 0.2) is 61.1 Å². The predicted octanol–water partition coefficient (Wildman–Crippen LogP) is 2.72. The van der Waals surface area contributed by atoms with Gasteiger partial charge in [0.05, 0.1) is 18.0 Å². The molecule has 0 amide bonds. The van der Waals surface area contributed by atoms with Gasteiger partial charge < -0.3 is 0 Å². The minimum Gasteiger partial charge on any atom is -0.271 e. The summed E-state index contributed by atoms with van der Waals surface area (Å²) < 4.78 is 28.6. The number of sulfonamides is 1. The van der Waals surface area contributed by atoms with E-state index in [-0.39, 0.29) is 12.3 Å². The smallest absolute Gasteiger partial charge is 0.215 e. The van der Waals surface area contributed by atoms with Gasteiger partial charge >= 0.3 is 0 Å². The topological polar surface area (TPSA) is 76.9 Å². The zero-order valence-corrected chi connectivity index (χ0v) is 14.9. The molecule has 0 aliphatic carbocycles. The maximum absolute atomic E-state index is 12.1. The van der Waals surface area contributed by atoms with Gasteiger partial charge in [0, 0.05) is 35.7 Å². The van der Waals surface area contributed by atoms with Crippen LogP contribution in [0.2, 0.25) is 5.02 Å². The molecule has 0 fully saturated rings. The predicted molar refractivity (Wildman–Crippen MR) is 97.5 cm³/mol. The number of hydrogen-bond acceptors (Lipinski definition) is 4. The van der Waals surface area contributed by atoms with E-state index >= 15 is 0 Å². The van der Waals surface area contributed by atoms with Gasteiger partial charge in [-0.25, -0.2) is 13.1 Å². The molecule has 1 aromatic carbocycles. The molecular weight excluding hydrogens is 360 g/mol. The van der Waals surface area contributed by atoms with Crippen LogP contribution in [0.5, 0.6) is 0 Å². The number of rotatable bonds is 7. The van der Waals surface area contributed by atoms with Gasteiger partial charge in [-0.3, -0.25) is 9.67 Å². The highest BCUT2D eigenvalue weighted by atomic mass is 35.5. The van der Waals surface area contributed by atoms with Crippen molar-refractivity contribution in [2.24, 2.45) is 0 Å². The lowest BCUT2D eigenvalue weighted by Gasteiger charge is -2.07. The molecule has 3 rings (SSSR count). The summed E-state index contributed by atoms with van der Waals surface area (Å²) in [6.07, 6.45) is 5.23. The van der Waals surface area contributed by atoms with Crippen molar-refractivity contribution in [2.45, 2.75) is 12.3 Å². The normalized spacial score (nSPS) is 11.6. The molecule has 0 aliphatic rings. The van der Waals surface area contributed by atoms with Crippen molar-refractivity contribution in [3.63, 3.8) is 0 Å². The Bertz CT molecular complexity index is 942. The summed E-state index contributed by atoms with van der Waals surface area (Å²) >= 11 is 5.88. The molecular formula is C17H17ClN4O2S. The Hall–Kier alpha value is -2.22. The Morgan fingerprint density at radius 2 is 1.92 bits per heavy atom. The summed E-state index contributed by atoms with van der Waals surface area (Å²) in [7, 11) is -3.42. The lowest BCUT2D eigenvalue weighted by molar-refractivity contribution is 0.560. The molecule has 0 bridgehead atoms. The molecule has 6 nitrogen and oxygen atoms in total. The van der Waals surface area contributed by atoms with E-state index in [9.17, 15) is 8.42 Å². The average Bonchev–Trinajstić information content (AvgIpc) is 3.04. The first kappa shape index (κ1) is 17.6. The zero-order valence-electron chi connectivity index (χ0n) is 13.3. The molecule has 0 saturated heterocycles. The Balaban J connectivity index is 1.55. The number of benzene rings is 1. The molecule has 0 atom stereocenters. The van der Waals surface area contributed by atoms with Gasteiger partial charge in [0.15, 0.2) is 0 Å². The molecule has 0 radical (unpaired) electrons. The van der Waals surface area contributed by atoms with E-state index in [1.165, 1.54) is 0 Å². The Morgan fingerprint density at radius 3 is 2.68 bits per heavy atom. The highest BCUT2D eigenvalue weighted by Gasteiger charge is 2.11. The summed E-state index contributed by atoms with van der Waals surface area (Å²) in [6.45, 7) is 0.709. The SMILES string of the molecule is O=S(=O)(Cc1cccc(Cl)c1)NCCn1ccc(-c2ccncc2)n1. The number of nitrogens with zero attached hydrogens (tertiary/aromatic N) is 3. The highest BCUT2D eigenvalue weighted by Crippen LogP contribution is 2.15. The van der Waals surface area contributed by atoms with E-state index in [1.54, 1.807) is 41.3 Å². The van der Waals surface area contributed by atoms with Crippen LogP contribution < -0.4 is 4.72 Å². The van der Waals surface area contributed by atoms with Gasteiger partial charge in [0.2, 0.25) is 10.0 Å². The number of aromatic nitrogens is 3. The second kappa shape index (κ2) is 7.77. The van der Waals surface area contributed by atoms with Crippen molar-refractivity contribution in [1.82, 2.24) is 19.5 Å². The third-order valence-corrected chi connectivity index (χ3v) is 5.12. The molecule has 0 unspecified atom stereocenters. The standard InChI is InChI=1S/C17H17ClN4O2S/c18-16-3-1-2-14(12-16)13-25(23,24)20-9-11-22-10-6-17(21-22)15-4-7-19-8-5-15/h1-8,10,12,20H,9,11,13H2. The van der Waals surface area contributed by atoms with E-state index in [1.807, 2.05) is 24.4 Å². The van der Waals surface area contributed by atoms with Crippen molar-refractivity contribution >= 4 is 21.6 Å². The molecule has 0 spiro atoms. The summed E-state index contributed by atoms with van der Waals surface area (Å²) in [5, 5.41) is 4.95. The van der Waals surface area contributed by atoms with E-state index in [4.69, 9.17) is 11.6 Å². The van der Waals surface area contributed by atoms with Crippen LogP contribution in [0, 0.1) is 0 Å². The fourth-order valence-electron chi connectivity index (χ4n) is 2.38. The molecule has 3 aromatic rings. The average molecular weight is 377 g/mol. The first-order valence-electron chi connectivity index (χ1n) is 7.67. The highest BCUT2D eigenvalue weighted by molar-refractivity contribution is 7.88. The fourth-order valence-corrected chi connectivity index (χ4v) is 3.71. The van der Waals surface area contributed by atoms with Gasteiger partial charge in [-0.1, -0.05) is 23.7 Å². The molecule has 25 heavy (non-hydrogen) atoms. The molecule has 0 aliphatic heterocycles. The maximum Gasteiger partial charge on any atom is 0.215 e. The summed E-state index contributed by atoms with van der Waals surface area (Å²) in [5.41, 5.74) is 2.44. The Morgan fingerprint density at radius 1 is 1.12 bits per heavy atom. The Labute approximate surface area is 151 Å². The van der Waals surface area contributed by atoms with E-state index in [2.05, 4.69) is 14.8 Å². The summed E-state index contributed by atoms with van der Waals surface area (Å²) in [6, 6.07) is 12.5. The van der Waals surface area contributed by atoms with Crippen LogP contribution in [0.25, 0.3) is 11.3 Å². The second-order valence-electron chi connectivity index (χ2n) is 5.48. The lowest BCUT2D eigenvalue weighted by atomic mass is 10.2.